The van der Waals surface area contributed by atoms with Gasteiger partial charge in [0.15, 0.2) is 0 Å². The third-order valence-electron chi connectivity index (χ3n) is 3.02. The van der Waals surface area contributed by atoms with Gasteiger partial charge in [0.25, 0.3) is 0 Å². The number of hydrogen-bond acceptors (Lipinski definition) is 2. The number of hydrogen-bond donors (Lipinski definition) is 2. The lowest BCUT2D eigenvalue weighted by atomic mass is 9.98. The van der Waals surface area contributed by atoms with Gasteiger partial charge in [-0.15, -0.1) is 0 Å². The number of nitrogens with zero attached hydrogens (tertiary/aromatic N) is 1. The summed E-state index contributed by atoms with van der Waals surface area (Å²) in [5, 5.41) is 10.5. The van der Waals surface area contributed by atoms with Gasteiger partial charge in [0.1, 0.15) is 0 Å². The van der Waals surface area contributed by atoms with Gasteiger partial charge in [0, 0.05) is 24.5 Å². The van der Waals surface area contributed by atoms with Gasteiger partial charge in [-0.05, 0) is 24.8 Å². The summed E-state index contributed by atoms with van der Waals surface area (Å²) >= 11 is 0. The third kappa shape index (κ3) is 4.47. The first-order valence-corrected chi connectivity index (χ1v) is 5.97. The molecule has 1 rings (SSSR count). The van der Waals surface area contributed by atoms with Crippen molar-refractivity contribution in [3.8, 4) is 0 Å². The molecule has 0 aromatic carbocycles. The summed E-state index contributed by atoms with van der Waals surface area (Å²) in [6.45, 7) is 7.72. The summed E-state index contributed by atoms with van der Waals surface area (Å²) in [6, 6.07) is 2.64. The molecule has 0 radical (unpaired) electrons. The van der Waals surface area contributed by atoms with Gasteiger partial charge >= 0.3 is 0 Å². The van der Waals surface area contributed by atoms with E-state index in [1.54, 1.807) is 6.20 Å². The molecule has 1 aromatic heterocycles. The van der Waals surface area contributed by atoms with E-state index in [4.69, 9.17) is 0 Å². The van der Waals surface area contributed by atoms with Crippen LogP contribution in [0.5, 0.6) is 0 Å². The van der Waals surface area contributed by atoms with Crippen molar-refractivity contribution in [2.45, 2.75) is 52.6 Å². The average Bonchev–Trinajstić information content (AvgIpc) is 2.76. The summed E-state index contributed by atoms with van der Waals surface area (Å²) in [6.07, 6.45) is 5.52. The van der Waals surface area contributed by atoms with Crippen LogP contribution in [0.3, 0.4) is 0 Å². The first-order chi connectivity index (χ1) is 7.26. The Hall–Kier alpha value is -0.830. The second-order valence-electron chi connectivity index (χ2n) is 4.32. The van der Waals surface area contributed by atoms with Crippen LogP contribution in [0.15, 0.2) is 12.3 Å². The Morgan fingerprint density at radius 2 is 2.20 bits per heavy atom. The molecule has 0 aliphatic rings. The van der Waals surface area contributed by atoms with Crippen molar-refractivity contribution in [3.63, 3.8) is 0 Å². The number of H-pyrrole nitrogens is 1. The molecule has 86 valence electrons. The molecule has 3 heteroatoms. The lowest BCUT2D eigenvalue weighted by molar-refractivity contribution is 0.382. The maximum absolute atomic E-state index is 3.94. The molecular weight excluding hydrogens is 186 g/mol. The molecule has 0 saturated carbocycles. The highest BCUT2D eigenvalue weighted by atomic mass is 15.1. The van der Waals surface area contributed by atoms with Gasteiger partial charge in [-0.2, -0.15) is 5.10 Å². The van der Waals surface area contributed by atoms with E-state index in [0.29, 0.717) is 6.04 Å². The van der Waals surface area contributed by atoms with Gasteiger partial charge in [0.2, 0.25) is 0 Å². The topological polar surface area (TPSA) is 40.7 Å². The van der Waals surface area contributed by atoms with E-state index in [1.807, 2.05) is 6.07 Å². The molecule has 1 aromatic rings. The normalized spacial score (nSPS) is 15.1. The number of nitrogens with one attached hydrogen (secondary N) is 2. The Labute approximate surface area is 92.7 Å². The SMILES string of the molecule is CCC(C)CC(CC)NCc1ccn[nH]1. The minimum absolute atomic E-state index is 0.628. The first kappa shape index (κ1) is 12.2. The molecule has 1 heterocycles. The Morgan fingerprint density at radius 3 is 2.73 bits per heavy atom. The largest absolute Gasteiger partial charge is 0.308 e. The molecule has 2 atom stereocenters. The molecule has 0 bridgehead atoms. The molecule has 0 amide bonds. The fraction of sp³-hybridized carbons (Fsp3) is 0.750. The lowest BCUT2D eigenvalue weighted by Crippen LogP contribution is -2.29. The van der Waals surface area contributed by atoms with Gasteiger partial charge in [-0.1, -0.05) is 27.2 Å². The molecule has 0 aliphatic heterocycles. The van der Waals surface area contributed by atoms with Crippen LogP contribution in [-0.2, 0) is 6.54 Å². The van der Waals surface area contributed by atoms with E-state index < -0.39 is 0 Å². The molecular formula is C12H23N3. The zero-order valence-electron chi connectivity index (χ0n) is 10.1. The predicted octanol–water partition coefficient (Wildman–Crippen LogP) is 2.71. The van der Waals surface area contributed by atoms with Gasteiger partial charge in [0.05, 0.1) is 0 Å². The van der Waals surface area contributed by atoms with Crippen LogP contribution in [-0.4, -0.2) is 16.2 Å². The number of aromatic nitrogens is 2. The van der Waals surface area contributed by atoms with E-state index in [2.05, 4.69) is 36.3 Å². The standard InChI is InChI=1S/C12H23N3/c1-4-10(3)8-11(5-2)13-9-12-6-7-14-15-12/h6-7,10-11,13H,4-5,8-9H2,1-3H3,(H,14,15). The maximum atomic E-state index is 3.94. The van der Waals surface area contributed by atoms with E-state index in [0.717, 1.165) is 18.2 Å². The Bertz CT molecular complexity index is 243. The fourth-order valence-corrected chi connectivity index (χ4v) is 1.68. The molecule has 0 fully saturated rings. The molecule has 0 spiro atoms. The smallest absolute Gasteiger partial charge is 0.0490 e. The average molecular weight is 209 g/mol. The molecule has 15 heavy (non-hydrogen) atoms. The van der Waals surface area contributed by atoms with Crippen molar-refractivity contribution in [3.05, 3.63) is 18.0 Å². The van der Waals surface area contributed by atoms with Crippen LogP contribution in [0.25, 0.3) is 0 Å². The van der Waals surface area contributed by atoms with E-state index in [1.165, 1.54) is 19.3 Å². The van der Waals surface area contributed by atoms with Crippen LogP contribution >= 0.6 is 0 Å². The molecule has 0 saturated heterocycles. The van der Waals surface area contributed by atoms with Crippen molar-refractivity contribution in [1.82, 2.24) is 15.5 Å². The molecule has 2 N–H and O–H groups in total. The Morgan fingerprint density at radius 1 is 1.40 bits per heavy atom. The molecule has 2 unspecified atom stereocenters. The minimum Gasteiger partial charge on any atom is -0.308 e. The summed E-state index contributed by atoms with van der Waals surface area (Å²) < 4.78 is 0. The zero-order valence-corrected chi connectivity index (χ0v) is 10.1. The van der Waals surface area contributed by atoms with Crippen LogP contribution in [0, 0.1) is 5.92 Å². The van der Waals surface area contributed by atoms with Gasteiger partial charge in [-0.25, -0.2) is 0 Å². The molecule has 0 aliphatic carbocycles. The highest BCUT2D eigenvalue weighted by Gasteiger charge is 2.09. The summed E-state index contributed by atoms with van der Waals surface area (Å²) in [5.41, 5.74) is 1.16. The highest BCUT2D eigenvalue weighted by Crippen LogP contribution is 2.12. The fourth-order valence-electron chi connectivity index (χ4n) is 1.68. The van der Waals surface area contributed by atoms with Gasteiger partial charge < -0.3 is 5.32 Å². The van der Waals surface area contributed by atoms with Crippen LogP contribution in [0.2, 0.25) is 0 Å². The van der Waals surface area contributed by atoms with Crippen molar-refractivity contribution in [1.29, 1.82) is 0 Å². The van der Waals surface area contributed by atoms with Crippen LogP contribution in [0.4, 0.5) is 0 Å². The predicted molar refractivity (Wildman–Crippen MR) is 63.6 cm³/mol. The Balaban J connectivity index is 2.27. The quantitative estimate of drug-likeness (QED) is 0.725. The van der Waals surface area contributed by atoms with E-state index >= 15 is 0 Å². The lowest BCUT2D eigenvalue weighted by Gasteiger charge is -2.19. The second-order valence-corrected chi connectivity index (χ2v) is 4.32. The summed E-state index contributed by atoms with van der Waals surface area (Å²) in [7, 11) is 0. The van der Waals surface area contributed by atoms with Crippen molar-refractivity contribution < 1.29 is 0 Å². The van der Waals surface area contributed by atoms with Crippen LogP contribution in [0.1, 0.15) is 45.7 Å². The highest BCUT2D eigenvalue weighted by molar-refractivity contribution is 4.96. The monoisotopic (exact) mass is 209 g/mol. The summed E-state index contributed by atoms with van der Waals surface area (Å²) in [5.74, 6) is 0.809. The first-order valence-electron chi connectivity index (χ1n) is 5.97. The van der Waals surface area contributed by atoms with Crippen LogP contribution < -0.4 is 5.32 Å². The van der Waals surface area contributed by atoms with Crippen molar-refractivity contribution >= 4 is 0 Å². The third-order valence-corrected chi connectivity index (χ3v) is 3.02. The number of aromatic amines is 1. The maximum Gasteiger partial charge on any atom is 0.0490 e. The van der Waals surface area contributed by atoms with E-state index in [-0.39, 0.29) is 0 Å². The van der Waals surface area contributed by atoms with Crippen molar-refractivity contribution in [2.75, 3.05) is 0 Å². The number of rotatable bonds is 7. The summed E-state index contributed by atoms with van der Waals surface area (Å²) in [4.78, 5) is 0. The zero-order chi connectivity index (χ0) is 11.1. The van der Waals surface area contributed by atoms with Crippen molar-refractivity contribution in [2.24, 2.45) is 5.92 Å². The second kappa shape index (κ2) is 6.62. The van der Waals surface area contributed by atoms with Gasteiger partial charge in [-0.3, -0.25) is 5.10 Å². The molecule has 3 nitrogen and oxygen atoms in total. The van der Waals surface area contributed by atoms with E-state index in [9.17, 15) is 0 Å². The minimum atomic E-state index is 0.628. The Kier molecular flexibility index (Phi) is 5.40.